The molecule has 2 N–H and O–H groups in total. The van der Waals surface area contributed by atoms with Crippen LogP contribution >= 0.6 is 0 Å². The topological polar surface area (TPSA) is 179 Å². The van der Waals surface area contributed by atoms with Gasteiger partial charge in [0.05, 0.1) is 35.9 Å². The van der Waals surface area contributed by atoms with Crippen molar-refractivity contribution in [3.05, 3.63) is 163 Å². The molecule has 68 heavy (non-hydrogen) atoms. The van der Waals surface area contributed by atoms with Crippen molar-refractivity contribution in [2.75, 3.05) is 0 Å². The highest BCUT2D eigenvalue weighted by molar-refractivity contribution is 5.79. The lowest BCUT2D eigenvalue weighted by Crippen LogP contribution is -2.17. The molecule has 2 atom stereocenters. The Kier molecular flexibility index (Phi) is 12.2. The van der Waals surface area contributed by atoms with E-state index in [0.29, 0.717) is 80.5 Å². The standard InChI is InChI=1S/2C23H20F4N6O/c2*1-2-16(13-5-8-17(29-10-13)23(25,26)27)33-21-19(20(32-33)12-3-4-12)22(34)31-18(30-21)9-15-7-6-14(24)11-28-15/h2*5-8,10-12,16H,2-4,9H2,1H3,(H,30,31,34)/t2*16-/m10/s1. The highest BCUT2D eigenvalue weighted by atomic mass is 19.4. The van der Waals surface area contributed by atoms with Crippen molar-refractivity contribution < 1.29 is 35.1 Å². The maximum absolute atomic E-state index is 13.2. The first-order chi connectivity index (χ1) is 32.5. The molecule has 0 aliphatic heterocycles. The molecule has 2 aliphatic carbocycles. The number of fused-ring (bicyclic) bond motifs is 2. The second-order valence-corrected chi connectivity index (χ2v) is 16.7. The van der Waals surface area contributed by atoms with Crippen molar-refractivity contribution in [3.63, 3.8) is 0 Å². The Hall–Kier alpha value is -7.26. The largest absolute Gasteiger partial charge is 0.433 e. The average Bonchev–Trinajstić information content (AvgIpc) is 4.25. The van der Waals surface area contributed by atoms with Crippen LogP contribution < -0.4 is 11.1 Å². The number of nitrogens with zero attached hydrogens (tertiary/aromatic N) is 10. The number of nitrogens with one attached hydrogen (secondary N) is 2. The van der Waals surface area contributed by atoms with Crippen LogP contribution in [0, 0.1) is 11.6 Å². The molecule has 352 valence electrons. The van der Waals surface area contributed by atoms with E-state index < -0.39 is 47.5 Å². The molecule has 10 rings (SSSR count). The summed E-state index contributed by atoms with van der Waals surface area (Å²) in [5.74, 6) is 0.0347. The van der Waals surface area contributed by atoms with Crippen LogP contribution in [0.5, 0.6) is 0 Å². The third-order valence-corrected chi connectivity index (χ3v) is 11.8. The van der Waals surface area contributed by atoms with Crippen molar-refractivity contribution in [1.82, 2.24) is 59.4 Å². The summed E-state index contributed by atoms with van der Waals surface area (Å²) in [7, 11) is 0. The van der Waals surface area contributed by atoms with Gasteiger partial charge in [-0.3, -0.25) is 29.5 Å². The lowest BCUT2D eigenvalue weighted by Gasteiger charge is -2.17. The molecule has 8 aromatic rings. The smallest absolute Gasteiger partial charge is 0.310 e. The van der Waals surface area contributed by atoms with E-state index >= 15 is 0 Å². The van der Waals surface area contributed by atoms with Gasteiger partial charge < -0.3 is 9.97 Å². The van der Waals surface area contributed by atoms with Gasteiger partial charge in [0.15, 0.2) is 11.3 Å². The van der Waals surface area contributed by atoms with Crippen LogP contribution in [0.2, 0.25) is 0 Å². The van der Waals surface area contributed by atoms with Crippen molar-refractivity contribution >= 4 is 22.1 Å². The van der Waals surface area contributed by atoms with Crippen LogP contribution in [0.3, 0.4) is 0 Å². The summed E-state index contributed by atoms with van der Waals surface area (Å²) in [6, 6.07) is 9.29. The molecule has 0 spiro atoms. The fourth-order valence-electron chi connectivity index (χ4n) is 8.13. The summed E-state index contributed by atoms with van der Waals surface area (Å²) in [4.78, 5) is 56.1. The summed E-state index contributed by atoms with van der Waals surface area (Å²) in [6.45, 7) is 3.76. The molecular weight excluding hydrogens is 905 g/mol. The quantitative estimate of drug-likeness (QED) is 0.112. The molecule has 0 bridgehead atoms. The van der Waals surface area contributed by atoms with Crippen LogP contribution in [-0.4, -0.2) is 59.4 Å². The molecule has 0 radical (unpaired) electrons. The number of H-pyrrole nitrogens is 2. The second-order valence-electron chi connectivity index (χ2n) is 16.7. The van der Waals surface area contributed by atoms with E-state index in [4.69, 9.17) is 10.2 Å². The molecule has 2 fully saturated rings. The molecule has 14 nitrogen and oxygen atoms in total. The maximum atomic E-state index is 13.2. The van der Waals surface area contributed by atoms with Gasteiger partial charge in [-0.25, -0.2) is 28.1 Å². The van der Waals surface area contributed by atoms with Gasteiger partial charge in [-0.05, 0) is 86.1 Å². The molecular formula is C46H40F8N12O2. The van der Waals surface area contributed by atoms with Gasteiger partial charge in [0, 0.05) is 48.5 Å². The van der Waals surface area contributed by atoms with E-state index in [1.807, 2.05) is 13.8 Å². The second kappa shape index (κ2) is 18.1. The fraction of sp³-hybridized carbons (Fsp3) is 0.348. The highest BCUT2D eigenvalue weighted by Gasteiger charge is 2.36. The normalized spacial score (nSPS) is 15.1. The van der Waals surface area contributed by atoms with Gasteiger partial charge in [-0.1, -0.05) is 26.0 Å². The summed E-state index contributed by atoms with van der Waals surface area (Å²) in [5, 5.41) is 10.2. The number of alkyl halides is 6. The minimum Gasteiger partial charge on any atom is -0.310 e. The van der Waals surface area contributed by atoms with Gasteiger partial charge in [0.25, 0.3) is 11.1 Å². The molecule has 0 aromatic carbocycles. The first-order valence-electron chi connectivity index (χ1n) is 21.8. The Bertz CT molecular complexity index is 2990. The SMILES string of the molecule is CC[C@@H](c1ccc(C(F)(F)F)nc1)n1nc(C2CC2)c2c(=O)[nH]c(Cc3ccc(F)cn3)nc21.CC[C@H](c1ccc(C(F)(F)F)nc1)n1nc(C2CC2)c2c(=O)[nH]c(Cc3ccc(F)cn3)nc21. The van der Waals surface area contributed by atoms with Crippen molar-refractivity contribution in [2.45, 2.75) is 101 Å². The Morgan fingerprint density at radius 3 is 1.26 bits per heavy atom. The predicted octanol–water partition coefficient (Wildman–Crippen LogP) is 9.07. The van der Waals surface area contributed by atoms with Crippen molar-refractivity contribution in [3.8, 4) is 0 Å². The van der Waals surface area contributed by atoms with Gasteiger partial charge in [0.2, 0.25) is 0 Å². The summed E-state index contributed by atoms with van der Waals surface area (Å²) < 4.78 is 107. The fourth-order valence-corrected chi connectivity index (χ4v) is 8.13. The van der Waals surface area contributed by atoms with Crippen LogP contribution in [0.4, 0.5) is 35.1 Å². The molecule has 0 amide bonds. The predicted molar refractivity (Wildman–Crippen MR) is 230 cm³/mol. The van der Waals surface area contributed by atoms with Crippen molar-refractivity contribution in [1.29, 1.82) is 0 Å². The van der Waals surface area contributed by atoms with Gasteiger partial charge in [-0.2, -0.15) is 36.5 Å². The van der Waals surface area contributed by atoms with E-state index in [2.05, 4.69) is 39.9 Å². The van der Waals surface area contributed by atoms with Crippen LogP contribution in [0.25, 0.3) is 22.1 Å². The first kappa shape index (κ1) is 45.9. The number of aromatic nitrogens is 12. The van der Waals surface area contributed by atoms with Crippen LogP contribution in [0.1, 0.15) is 133 Å². The van der Waals surface area contributed by atoms with Gasteiger partial charge in [0.1, 0.15) is 45.4 Å². The summed E-state index contributed by atoms with van der Waals surface area (Å²) in [5.41, 5.74) is 1.50. The summed E-state index contributed by atoms with van der Waals surface area (Å²) >= 11 is 0. The third-order valence-electron chi connectivity index (χ3n) is 11.8. The number of hydrogen-bond acceptors (Lipinski definition) is 10. The zero-order valence-electron chi connectivity index (χ0n) is 36.2. The minimum absolute atomic E-state index is 0.152. The third kappa shape index (κ3) is 9.61. The number of aromatic amines is 2. The first-order valence-corrected chi connectivity index (χ1v) is 21.8. The van der Waals surface area contributed by atoms with E-state index in [1.165, 1.54) is 48.8 Å². The molecule has 0 unspecified atom stereocenters. The lowest BCUT2D eigenvalue weighted by molar-refractivity contribution is -0.142. The summed E-state index contributed by atoms with van der Waals surface area (Å²) in [6.07, 6.45) is 0.476. The monoisotopic (exact) mass is 944 g/mol. The zero-order valence-corrected chi connectivity index (χ0v) is 36.2. The molecule has 8 aromatic heterocycles. The molecule has 0 saturated heterocycles. The molecule has 2 saturated carbocycles. The van der Waals surface area contributed by atoms with E-state index in [0.717, 1.165) is 50.2 Å². The van der Waals surface area contributed by atoms with E-state index in [-0.39, 0.29) is 35.8 Å². The molecule has 22 heteroatoms. The zero-order chi connectivity index (χ0) is 48.1. The maximum Gasteiger partial charge on any atom is 0.433 e. The Morgan fingerprint density at radius 1 is 0.574 bits per heavy atom. The number of halogens is 8. The average molecular weight is 945 g/mol. The van der Waals surface area contributed by atoms with Crippen molar-refractivity contribution in [2.24, 2.45) is 0 Å². The number of hydrogen-bond donors (Lipinski definition) is 2. The molecule has 2 aliphatic rings. The minimum atomic E-state index is -4.53. The lowest BCUT2D eigenvalue weighted by atomic mass is 10.1. The Balaban J connectivity index is 0.000000170. The van der Waals surface area contributed by atoms with E-state index in [9.17, 15) is 44.7 Å². The van der Waals surface area contributed by atoms with Gasteiger partial charge >= 0.3 is 12.4 Å². The number of rotatable bonds is 12. The number of pyridine rings is 4. The van der Waals surface area contributed by atoms with E-state index in [1.54, 1.807) is 9.36 Å². The highest BCUT2D eigenvalue weighted by Crippen LogP contribution is 2.44. The van der Waals surface area contributed by atoms with Crippen LogP contribution in [0.15, 0.2) is 82.9 Å². The Morgan fingerprint density at radius 2 is 0.971 bits per heavy atom. The molecule has 8 heterocycles. The Labute approximate surface area is 380 Å². The van der Waals surface area contributed by atoms with Gasteiger partial charge in [-0.15, -0.1) is 0 Å². The van der Waals surface area contributed by atoms with Crippen LogP contribution in [-0.2, 0) is 25.2 Å².